The molecule has 0 aromatic carbocycles. The largest absolute Gasteiger partial charge is 0.393 e. The number of aliphatic hydroxyl groups is 1. The molecule has 5 heteroatoms. The van der Waals surface area contributed by atoms with Crippen LogP contribution in [0.2, 0.25) is 0 Å². The van der Waals surface area contributed by atoms with Gasteiger partial charge >= 0.3 is 0 Å². The molecule has 1 aliphatic carbocycles. The van der Waals surface area contributed by atoms with Gasteiger partial charge in [0.2, 0.25) is 0 Å². The van der Waals surface area contributed by atoms with Crippen LogP contribution in [-0.2, 0) is 6.42 Å². The summed E-state index contributed by atoms with van der Waals surface area (Å²) in [7, 11) is 0. The van der Waals surface area contributed by atoms with Gasteiger partial charge in [0, 0.05) is 18.7 Å². The zero-order valence-corrected chi connectivity index (χ0v) is 12.5. The summed E-state index contributed by atoms with van der Waals surface area (Å²) in [4.78, 5) is 8.68. The summed E-state index contributed by atoms with van der Waals surface area (Å²) in [5.74, 6) is 2.40. The molecule has 3 N–H and O–H groups in total. The van der Waals surface area contributed by atoms with Crippen LogP contribution in [0.4, 0.5) is 11.6 Å². The van der Waals surface area contributed by atoms with Crippen molar-refractivity contribution in [1.82, 2.24) is 9.97 Å². The first-order valence-electron chi connectivity index (χ1n) is 7.74. The quantitative estimate of drug-likeness (QED) is 0.745. The summed E-state index contributed by atoms with van der Waals surface area (Å²) in [6, 6.07) is 0. The standard InChI is InChI=1S/C15H26N4O/c1-3-13-14(16-4-2)18-10-19-15(13)17-9-11-6-5-7-12(20)8-11/h10-12,20H,3-9H2,1-2H3,(H2,16,17,18,19). The van der Waals surface area contributed by atoms with Crippen LogP contribution in [0.15, 0.2) is 6.33 Å². The van der Waals surface area contributed by atoms with Gasteiger partial charge in [0.05, 0.1) is 6.10 Å². The Hall–Kier alpha value is -1.36. The van der Waals surface area contributed by atoms with Crippen LogP contribution < -0.4 is 10.6 Å². The summed E-state index contributed by atoms with van der Waals surface area (Å²) in [6.45, 7) is 5.93. The minimum absolute atomic E-state index is 0.121. The Balaban J connectivity index is 1.99. The maximum Gasteiger partial charge on any atom is 0.134 e. The molecule has 1 fully saturated rings. The van der Waals surface area contributed by atoms with E-state index < -0.39 is 0 Å². The van der Waals surface area contributed by atoms with Crippen molar-refractivity contribution in [1.29, 1.82) is 0 Å². The Labute approximate surface area is 121 Å². The second-order valence-corrected chi connectivity index (χ2v) is 5.50. The minimum Gasteiger partial charge on any atom is -0.393 e. The van der Waals surface area contributed by atoms with Crippen molar-refractivity contribution in [2.24, 2.45) is 5.92 Å². The molecule has 0 radical (unpaired) electrons. The van der Waals surface area contributed by atoms with Crippen LogP contribution in [0.25, 0.3) is 0 Å². The second kappa shape index (κ2) is 7.43. The van der Waals surface area contributed by atoms with Gasteiger partial charge in [-0.3, -0.25) is 0 Å². The van der Waals surface area contributed by atoms with Crippen LogP contribution in [0, 0.1) is 5.92 Å². The van der Waals surface area contributed by atoms with Gasteiger partial charge in [-0.25, -0.2) is 9.97 Å². The molecule has 0 spiro atoms. The highest BCUT2D eigenvalue weighted by atomic mass is 16.3. The molecule has 2 atom stereocenters. The zero-order valence-electron chi connectivity index (χ0n) is 12.5. The number of hydrogen-bond donors (Lipinski definition) is 3. The predicted molar refractivity (Wildman–Crippen MR) is 82.0 cm³/mol. The van der Waals surface area contributed by atoms with Crippen LogP contribution in [-0.4, -0.2) is 34.3 Å². The average Bonchev–Trinajstić information content (AvgIpc) is 2.45. The fraction of sp³-hybridized carbons (Fsp3) is 0.733. The van der Waals surface area contributed by atoms with Crippen LogP contribution in [0.5, 0.6) is 0 Å². The highest BCUT2D eigenvalue weighted by Crippen LogP contribution is 2.26. The van der Waals surface area contributed by atoms with Gasteiger partial charge in [0.15, 0.2) is 0 Å². The van der Waals surface area contributed by atoms with Crippen LogP contribution in [0.3, 0.4) is 0 Å². The van der Waals surface area contributed by atoms with Gasteiger partial charge in [0.25, 0.3) is 0 Å². The van der Waals surface area contributed by atoms with Crippen molar-refractivity contribution in [3.63, 3.8) is 0 Å². The van der Waals surface area contributed by atoms with Gasteiger partial charge in [0.1, 0.15) is 18.0 Å². The Kier molecular flexibility index (Phi) is 5.59. The molecule has 1 saturated carbocycles. The van der Waals surface area contributed by atoms with E-state index in [9.17, 15) is 5.11 Å². The SMILES string of the molecule is CCNc1ncnc(NCC2CCCC(O)C2)c1CC. The first-order chi connectivity index (χ1) is 9.74. The van der Waals surface area contributed by atoms with Crippen molar-refractivity contribution in [3.8, 4) is 0 Å². The van der Waals surface area contributed by atoms with E-state index in [4.69, 9.17) is 0 Å². The van der Waals surface area contributed by atoms with Crippen molar-refractivity contribution >= 4 is 11.6 Å². The summed E-state index contributed by atoms with van der Waals surface area (Å²) in [5.41, 5.74) is 1.14. The Bertz CT molecular complexity index is 424. The van der Waals surface area contributed by atoms with E-state index in [2.05, 4.69) is 34.4 Å². The molecule has 1 aromatic heterocycles. The molecule has 2 unspecified atom stereocenters. The van der Waals surface area contributed by atoms with Crippen molar-refractivity contribution in [2.45, 2.75) is 52.1 Å². The van der Waals surface area contributed by atoms with Crippen molar-refractivity contribution in [2.75, 3.05) is 23.7 Å². The van der Waals surface area contributed by atoms with E-state index in [1.807, 2.05) is 0 Å². The third kappa shape index (κ3) is 3.82. The van der Waals surface area contributed by atoms with Gasteiger partial charge in [-0.15, -0.1) is 0 Å². The molecule has 5 nitrogen and oxygen atoms in total. The predicted octanol–water partition coefficient (Wildman–Crippen LogP) is 2.43. The number of nitrogens with zero attached hydrogens (tertiary/aromatic N) is 2. The zero-order chi connectivity index (χ0) is 14.4. The van der Waals surface area contributed by atoms with Gasteiger partial charge < -0.3 is 15.7 Å². The van der Waals surface area contributed by atoms with Crippen molar-refractivity contribution < 1.29 is 5.11 Å². The first-order valence-corrected chi connectivity index (χ1v) is 7.74. The molecule has 1 heterocycles. The second-order valence-electron chi connectivity index (χ2n) is 5.50. The molecule has 2 rings (SSSR count). The van der Waals surface area contributed by atoms with Gasteiger partial charge in [-0.05, 0) is 38.5 Å². The maximum absolute atomic E-state index is 9.73. The summed E-state index contributed by atoms with van der Waals surface area (Å²) >= 11 is 0. The monoisotopic (exact) mass is 278 g/mol. The number of rotatable bonds is 6. The third-order valence-corrected chi connectivity index (χ3v) is 3.96. The van der Waals surface area contributed by atoms with Crippen LogP contribution in [0.1, 0.15) is 45.1 Å². The highest BCUT2D eigenvalue weighted by Gasteiger charge is 2.20. The Morgan fingerprint density at radius 3 is 2.60 bits per heavy atom. The van der Waals surface area contributed by atoms with Gasteiger partial charge in [-0.1, -0.05) is 13.3 Å². The number of aromatic nitrogens is 2. The van der Waals surface area contributed by atoms with Crippen molar-refractivity contribution in [3.05, 3.63) is 11.9 Å². The smallest absolute Gasteiger partial charge is 0.134 e. The van der Waals surface area contributed by atoms with Gasteiger partial charge in [-0.2, -0.15) is 0 Å². The van der Waals surface area contributed by atoms with E-state index in [0.717, 1.165) is 56.0 Å². The molecule has 0 saturated heterocycles. The molecule has 1 aromatic rings. The maximum atomic E-state index is 9.73. The Morgan fingerprint density at radius 2 is 1.95 bits per heavy atom. The van der Waals surface area contributed by atoms with E-state index >= 15 is 0 Å². The molecular weight excluding hydrogens is 252 g/mol. The molecular formula is C15H26N4O. The summed E-state index contributed by atoms with van der Waals surface area (Å²) < 4.78 is 0. The molecule has 112 valence electrons. The van der Waals surface area contributed by atoms with Crippen LogP contribution >= 0.6 is 0 Å². The molecule has 0 aliphatic heterocycles. The molecule has 0 bridgehead atoms. The highest BCUT2D eigenvalue weighted by molar-refractivity contribution is 5.57. The molecule has 20 heavy (non-hydrogen) atoms. The van der Waals surface area contributed by atoms with E-state index in [0.29, 0.717) is 5.92 Å². The lowest BCUT2D eigenvalue weighted by Gasteiger charge is -2.26. The Morgan fingerprint density at radius 1 is 1.20 bits per heavy atom. The number of hydrogen-bond acceptors (Lipinski definition) is 5. The number of nitrogens with one attached hydrogen (secondary N) is 2. The van der Waals surface area contributed by atoms with E-state index in [1.54, 1.807) is 6.33 Å². The average molecular weight is 278 g/mol. The lowest BCUT2D eigenvalue weighted by molar-refractivity contribution is 0.104. The lowest BCUT2D eigenvalue weighted by Crippen LogP contribution is -2.25. The number of aliphatic hydroxyl groups excluding tert-OH is 1. The van der Waals surface area contributed by atoms with E-state index in [-0.39, 0.29) is 6.10 Å². The third-order valence-electron chi connectivity index (χ3n) is 3.96. The first kappa shape index (κ1) is 15.0. The summed E-state index contributed by atoms with van der Waals surface area (Å²) in [6.07, 6.45) is 6.56. The molecule has 1 aliphatic rings. The molecule has 0 amide bonds. The minimum atomic E-state index is -0.121. The fourth-order valence-corrected chi connectivity index (χ4v) is 2.91. The van der Waals surface area contributed by atoms with E-state index in [1.165, 1.54) is 6.42 Å². The lowest BCUT2D eigenvalue weighted by atomic mass is 9.87. The topological polar surface area (TPSA) is 70.1 Å². The fourth-order valence-electron chi connectivity index (χ4n) is 2.91. The number of anilines is 2. The normalized spacial score (nSPS) is 22.6. The summed E-state index contributed by atoms with van der Waals surface area (Å²) in [5, 5.41) is 16.5.